The molecule has 0 aliphatic carbocycles. The Kier molecular flexibility index (Phi) is 6.43. The number of fused-ring (bicyclic) bond motifs is 1. The Morgan fingerprint density at radius 1 is 1.08 bits per heavy atom. The highest BCUT2D eigenvalue weighted by Gasteiger charge is 2.39. The van der Waals surface area contributed by atoms with Crippen LogP contribution in [0.4, 0.5) is 26.3 Å². The number of alkyl halides is 6. The second-order valence-electron chi connectivity index (χ2n) is 7.67. The van der Waals surface area contributed by atoms with E-state index < -0.39 is 41.8 Å². The van der Waals surface area contributed by atoms with Gasteiger partial charge in [-0.25, -0.2) is 9.78 Å². The zero-order valence-electron chi connectivity index (χ0n) is 18.1. The first-order valence-corrected chi connectivity index (χ1v) is 10.9. The maximum Gasteiger partial charge on any atom is 0.416 e. The number of ether oxygens (including phenoxy) is 1. The summed E-state index contributed by atoms with van der Waals surface area (Å²) in [6.45, 7) is 0.443. The van der Waals surface area contributed by atoms with Crippen molar-refractivity contribution in [2.45, 2.75) is 31.9 Å². The van der Waals surface area contributed by atoms with E-state index >= 15 is 0 Å². The van der Waals surface area contributed by atoms with Crippen LogP contribution in [0.15, 0.2) is 52.2 Å². The van der Waals surface area contributed by atoms with Gasteiger partial charge in [0.1, 0.15) is 10.6 Å². The molecule has 0 amide bonds. The molecule has 1 atom stereocenters. The van der Waals surface area contributed by atoms with Crippen molar-refractivity contribution in [1.29, 1.82) is 0 Å². The zero-order valence-corrected chi connectivity index (χ0v) is 18.9. The Morgan fingerprint density at radius 2 is 1.75 bits per heavy atom. The number of aromatic amines is 1. The van der Waals surface area contributed by atoms with Gasteiger partial charge >= 0.3 is 18.0 Å². The molecule has 1 aromatic carbocycles. The Balaban J connectivity index is 1.66. The number of benzene rings is 1. The van der Waals surface area contributed by atoms with Crippen LogP contribution in [-0.2, 0) is 12.7 Å². The number of hydrogen-bond donors (Lipinski definition) is 2. The summed E-state index contributed by atoms with van der Waals surface area (Å²) >= 11 is 0.875. The van der Waals surface area contributed by atoms with Crippen LogP contribution in [0, 0.1) is 6.92 Å². The molecule has 14 heteroatoms. The monoisotopic (exact) mass is 531 g/mol. The van der Waals surface area contributed by atoms with Gasteiger partial charge in [0.15, 0.2) is 6.10 Å². The van der Waals surface area contributed by atoms with Gasteiger partial charge in [-0.05, 0) is 42.8 Å². The smallest absolute Gasteiger partial charge is 0.416 e. The maximum atomic E-state index is 12.9. The maximum absolute atomic E-state index is 12.9. The van der Waals surface area contributed by atoms with Gasteiger partial charge in [-0.1, -0.05) is 0 Å². The summed E-state index contributed by atoms with van der Waals surface area (Å²) in [7, 11) is 0. The molecular weight excluding hydrogens is 516 g/mol. The van der Waals surface area contributed by atoms with Gasteiger partial charge in [0.05, 0.1) is 17.5 Å². The quantitative estimate of drug-likeness (QED) is 0.359. The highest BCUT2D eigenvalue weighted by atomic mass is 32.1. The Bertz CT molecular complexity index is 1520. The molecule has 3 aromatic heterocycles. The SMILES string of the molecule is Cc1c(-c2ccc(Oc3ccc(C(F)(F)F)cc3)nc2)sc2c1c(=O)[nH]c(=O)n2C[C@@H](O)C(F)(F)F. The number of pyridine rings is 1. The van der Waals surface area contributed by atoms with E-state index in [0.29, 0.717) is 20.6 Å². The molecule has 0 aliphatic heterocycles. The fourth-order valence-electron chi connectivity index (χ4n) is 3.40. The Labute approximate surface area is 201 Å². The molecule has 0 spiro atoms. The molecule has 0 aliphatic rings. The number of hydrogen-bond acceptors (Lipinski definition) is 6. The van der Waals surface area contributed by atoms with E-state index in [4.69, 9.17) is 4.74 Å². The van der Waals surface area contributed by atoms with Gasteiger partial charge in [-0.2, -0.15) is 26.3 Å². The normalized spacial score (nSPS) is 13.2. The second kappa shape index (κ2) is 9.09. The average Bonchev–Trinajstić information content (AvgIpc) is 3.13. The molecule has 36 heavy (non-hydrogen) atoms. The van der Waals surface area contributed by atoms with Gasteiger partial charge < -0.3 is 9.84 Å². The summed E-state index contributed by atoms with van der Waals surface area (Å²) < 4.78 is 82.8. The number of aliphatic hydroxyl groups is 1. The molecular formula is C22H15F6N3O4S. The second-order valence-corrected chi connectivity index (χ2v) is 8.67. The van der Waals surface area contributed by atoms with Crippen molar-refractivity contribution in [3.8, 4) is 22.1 Å². The number of aromatic nitrogens is 3. The van der Waals surface area contributed by atoms with Gasteiger partial charge in [0.2, 0.25) is 5.88 Å². The lowest BCUT2D eigenvalue weighted by Gasteiger charge is -2.15. The third-order valence-electron chi connectivity index (χ3n) is 5.20. The summed E-state index contributed by atoms with van der Waals surface area (Å²) in [6.07, 6.45) is -10.9. The minimum Gasteiger partial charge on any atom is -0.439 e. The molecule has 4 rings (SSSR count). The molecule has 4 aromatic rings. The topological polar surface area (TPSA) is 97.2 Å². The molecule has 2 N–H and O–H groups in total. The van der Waals surface area contributed by atoms with Crippen LogP contribution in [0.25, 0.3) is 20.7 Å². The van der Waals surface area contributed by atoms with Gasteiger partial charge in [0.25, 0.3) is 5.56 Å². The number of H-pyrrole nitrogens is 1. The van der Waals surface area contributed by atoms with E-state index in [1.165, 1.54) is 18.3 Å². The first kappa shape index (κ1) is 25.4. The van der Waals surface area contributed by atoms with Crippen molar-refractivity contribution in [3.05, 3.63) is 74.6 Å². The molecule has 0 unspecified atom stereocenters. The highest BCUT2D eigenvalue weighted by Crippen LogP contribution is 2.37. The number of thiophene rings is 1. The van der Waals surface area contributed by atoms with Crippen LogP contribution < -0.4 is 16.0 Å². The van der Waals surface area contributed by atoms with Crippen LogP contribution in [-0.4, -0.2) is 31.9 Å². The van der Waals surface area contributed by atoms with E-state index in [1.54, 1.807) is 6.92 Å². The lowest BCUT2D eigenvalue weighted by molar-refractivity contribution is -0.207. The third kappa shape index (κ3) is 4.99. The fraction of sp³-hybridized carbons (Fsp3) is 0.227. The first-order valence-electron chi connectivity index (χ1n) is 10.1. The largest absolute Gasteiger partial charge is 0.439 e. The van der Waals surface area contributed by atoms with Crippen LogP contribution in [0.3, 0.4) is 0 Å². The molecule has 3 heterocycles. The van der Waals surface area contributed by atoms with Crippen molar-refractivity contribution in [1.82, 2.24) is 14.5 Å². The summed E-state index contributed by atoms with van der Waals surface area (Å²) in [5.74, 6) is 0.167. The van der Waals surface area contributed by atoms with Gasteiger partial charge in [-0.15, -0.1) is 11.3 Å². The molecule has 7 nitrogen and oxygen atoms in total. The van der Waals surface area contributed by atoms with Crippen LogP contribution >= 0.6 is 11.3 Å². The van der Waals surface area contributed by atoms with E-state index in [1.807, 2.05) is 4.98 Å². The summed E-state index contributed by atoms with van der Waals surface area (Å²) in [5, 5.41) is 9.43. The molecule has 190 valence electrons. The first-order chi connectivity index (χ1) is 16.8. The summed E-state index contributed by atoms with van der Waals surface area (Å²) in [5.41, 5.74) is -1.90. The predicted octanol–water partition coefficient (Wildman–Crippen LogP) is 4.86. The third-order valence-corrected chi connectivity index (χ3v) is 6.57. The Morgan fingerprint density at radius 3 is 2.31 bits per heavy atom. The average molecular weight is 531 g/mol. The molecule has 0 bridgehead atoms. The number of aliphatic hydroxyl groups excluding tert-OH is 1. The van der Waals surface area contributed by atoms with Crippen molar-refractivity contribution in [2.75, 3.05) is 0 Å². The molecule has 0 fully saturated rings. The summed E-state index contributed by atoms with van der Waals surface area (Å²) in [6, 6.07) is 6.94. The molecule has 0 saturated carbocycles. The fourth-order valence-corrected chi connectivity index (χ4v) is 4.70. The van der Waals surface area contributed by atoms with Crippen LogP contribution in [0.1, 0.15) is 11.1 Å². The van der Waals surface area contributed by atoms with E-state index in [2.05, 4.69) is 4.98 Å². The van der Waals surface area contributed by atoms with Crippen molar-refractivity contribution in [3.63, 3.8) is 0 Å². The van der Waals surface area contributed by atoms with E-state index in [-0.39, 0.29) is 21.8 Å². The summed E-state index contributed by atoms with van der Waals surface area (Å²) in [4.78, 5) is 31.0. The number of rotatable bonds is 5. The van der Waals surface area contributed by atoms with Gasteiger partial charge in [-0.3, -0.25) is 14.3 Å². The number of aryl methyl sites for hydroxylation is 1. The molecule has 0 saturated heterocycles. The number of halogens is 6. The van der Waals surface area contributed by atoms with Crippen LogP contribution in [0.2, 0.25) is 0 Å². The van der Waals surface area contributed by atoms with E-state index in [9.17, 15) is 41.0 Å². The minimum absolute atomic E-state index is 0.00550. The van der Waals surface area contributed by atoms with Crippen molar-refractivity contribution in [2.24, 2.45) is 0 Å². The van der Waals surface area contributed by atoms with Gasteiger partial charge in [0, 0.05) is 22.7 Å². The standard InChI is InChI=1S/C22H15F6N3O4S/c1-10-16-18(33)30-20(34)31(9-14(32)22(26,27)28)19(16)36-17(10)11-2-7-15(29-8-11)35-13-5-3-12(4-6-13)21(23,24)25/h2-8,14,32H,9H2,1H3,(H,30,33,34)/t14-/m1/s1. The predicted molar refractivity (Wildman–Crippen MR) is 118 cm³/mol. The number of nitrogens with zero attached hydrogens (tertiary/aromatic N) is 2. The lowest BCUT2D eigenvalue weighted by atomic mass is 10.1. The van der Waals surface area contributed by atoms with Crippen molar-refractivity contribution >= 4 is 21.6 Å². The number of nitrogens with one attached hydrogen (secondary N) is 1. The Hall–Kier alpha value is -3.65. The minimum atomic E-state index is -4.97. The van der Waals surface area contributed by atoms with Crippen LogP contribution in [0.5, 0.6) is 11.6 Å². The van der Waals surface area contributed by atoms with Crippen molar-refractivity contribution < 1.29 is 36.2 Å². The highest BCUT2D eigenvalue weighted by molar-refractivity contribution is 7.22. The molecule has 0 radical (unpaired) electrons. The van der Waals surface area contributed by atoms with E-state index in [0.717, 1.165) is 35.6 Å². The lowest BCUT2D eigenvalue weighted by Crippen LogP contribution is -2.38. The zero-order chi connectivity index (χ0) is 26.4.